The molecule has 2 heterocycles. The van der Waals surface area contributed by atoms with Crippen molar-refractivity contribution in [2.75, 3.05) is 13.2 Å². The van der Waals surface area contributed by atoms with Crippen LogP contribution < -0.4 is 10.9 Å². The molecule has 162 valence electrons. The summed E-state index contributed by atoms with van der Waals surface area (Å²) >= 11 is 0. The number of aromatic nitrogens is 1. The Morgan fingerprint density at radius 2 is 2.00 bits per heavy atom. The number of fused-ring (bicyclic) bond motifs is 1. The van der Waals surface area contributed by atoms with E-state index in [4.69, 9.17) is 4.74 Å². The molecule has 2 N–H and O–H groups in total. The minimum absolute atomic E-state index is 0.00640. The van der Waals surface area contributed by atoms with E-state index in [1.807, 2.05) is 56.3 Å². The van der Waals surface area contributed by atoms with Gasteiger partial charge in [0.25, 0.3) is 5.56 Å². The predicted molar refractivity (Wildman–Crippen MR) is 122 cm³/mol. The third kappa shape index (κ3) is 4.97. The average molecular weight is 420 g/mol. The van der Waals surface area contributed by atoms with E-state index in [0.29, 0.717) is 18.7 Å². The van der Waals surface area contributed by atoms with Crippen LogP contribution in [-0.4, -0.2) is 35.2 Å². The highest BCUT2D eigenvalue weighted by molar-refractivity contribution is 5.83. The highest BCUT2D eigenvalue weighted by Crippen LogP contribution is 2.20. The second kappa shape index (κ2) is 9.35. The fourth-order valence-electron chi connectivity index (χ4n) is 4.03. The quantitative estimate of drug-likeness (QED) is 0.633. The van der Waals surface area contributed by atoms with Gasteiger partial charge in [0.2, 0.25) is 0 Å². The molecule has 31 heavy (non-hydrogen) atoms. The van der Waals surface area contributed by atoms with Gasteiger partial charge in [-0.25, -0.2) is 4.79 Å². The fraction of sp³-hybridized carbons (Fsp3) is 0.360. The second-order valence-electron chi connectivity index (χ2n) is 8.26. The largest absolute Gasteiger partial charge is 0.376 e. The fourth-order valence-corrected chi connectivity index (χ4v) is 4.03. The maximum Gasteiger partial charge on any atom is 0.318 e. The molecule has 6 heteroatoms. The van der Waals surface area contributed by atoms with E-state index in [2.05, 4.69) is 16.4 Å². The van der Waals surface area contributed by atoms with E-state index in [-0.39, 0.29) is 24.2 Å². The number of carbonyl (C=O) groups excluding carboxylic acids is 1. The van der Waals surface area contributed by atoms with Gasteiger partial charge in [-0.05, 0) is 54.8 Å². The van der Waals surface area contributed by atoms with Crippen molar-refractivity contribution in [3.63, 3.8) is 0 Å². The minimum Gasteiger partial charge on any atom is -0.376 e. The van der Waals surface area contributed by atoms with Gasteiger partial charge in [0.1, 0.15) is 0 Å². The molecule has 1 atom stereocenters. The van der Waals surface area contributed by atoms with Crippen LogP contribution in [0.1, 0.15) is 35.1 Å². The third-order valence-corrected chi connectivity index (χ3v) is 6.01. The Bertz CT molecular complexity index is 1120. The zero-order valence-corrected chi connectivity index (χ0v) is 18.1. The van der Waals surface area contributed by atoms with Crippen LogP contribution in [0.5, 0.6) is 0 Å². The monoisotopic (exact) mass is 419 g/mol. The Morgan fingerprint density at radius 1 is 1.19 bits per heavy atom. The number of amides is 2. The van der Waals surface area contributed by atoms with Crippen LogP contribution >= 0.6 is 0 Å². The third-order valence-electron chi connectivity index (χ3n) is 6.01. The van der Waals surface area contributed by atoms with E-state index in [1.165, 1.54) is 0 Å². The van der Waals surface area contributed by atoms with Crippen molar-refractivity contribution in [1.29, 1.82) is 0 Å². The number of pyridine rings is 1. The van der Waals surface area contributed by atoms with Gasteiger partial charge in [0, 0.05) is 25.3 Å². The van der Waals surface area contributed by atoms with Gasteiger partial charge >= 0.3 is 6.03 Å². The summed E-state index contributed by atoms with van der Waals surface area (Å²) in [6, 6.07) is 15.6. The number of aromatic amines is 1. The molecule has 0 radical (unpaired) electrons. The highest BCUT2D eigenvalue weighted by Gasteiger charge is 2.23. The number of carbonyl (C=O) groups is 1. The van der Waals surface area contributed by atoms with Gasteiger partial charge in [-0.2, -0.15) is 0 Å². The first-order valence-electron chi connectivity index (χ1n) is 10.8. The van der Waals surface area contributed by atoms with Crippen molar-refractivity contribution in [3.8, 4) is 0 Å². The molecule has 0 bridgehead atoms. The Kier molecular flexibility index (Phi) is 6.37. The normalized spacial score (nSPS) is 15.9. The topological polar surface area (TPSA) is 74.4 Å². The standard InChI is InChI=1S/C25H29N3O3/c1-17-10-11-20-13-21(24(29)27-23(20)18(17)2)15-28(16-22-9-6-12-31-22)25(30)26-14-19-7-4-3-5-8-19/h3-5,7-8,10-11,13,22H,6,9,12,14-16H2,1-2H3,(H,26,30)(H,27,29). The Hall–Kier alpha value is -3.12. The Morgan fingerprint density at radius 3 is 2.74 bits per heavy atom. The summed E-state index contributed by atoms with van der Waals surface area (Å²) in [6.07, 6.45) is 1.93. The van der Waals surface area contributed by atoms with Crippen molar-refractivity contribution < 1.29 is 9.53 Å². The summed E-state index contributed by atoms with van der Waals surface area (Å²) in [6.45, 7) is 5.90. The van der Waals surface area contributed by atoms with Crippen LogP contribution in [0.15, 0.2) is 53.3 Å². The number of rotatable bonds is 6. The maximum atomic E-state index is 13.0. The molecule has 0 spiro atoms. The van der Waals surface area contributed by atoms with Gasteiger partial charge in [0.05, 0.1) is 18.2 Å². The smallest absolute Gasteiger partial charge is 0.318 e. The lowest BCUT2D eigenvalue weighted by Gasteiger charge is -2.26. The van der Waals surface area contributed by atoms with Crippen molar-refractivity contribution in [2.45, 2.75) is 45.9 Å². The number of H-pyrrole nitrogens is 1. The Labute approximate surface area is 182 Å². The zero-order valence-electron chi connectivity index (χ0n) is 18.1. The SMILES string of the molecule is Cc1ccc2cc(CN(CC3CCCO3)C(=O)NCc3ccccc3)c(=O)[nH]c2c1C. The number of urea groups is 1. The number of nitrogens with one attached hydrogen (secondary N) is 2. The molecule has 1 aliphatic heterocycles. The lowest BCUT2D eigenvalue weighted by Crippen LogP contribution is -2.43. The molecule has 4 rings (SSSR count). The molecule has 1 fully saturated rings. The van der Waals surface area contributed by atoms with Crippen molar-refractivity contribution >= 4 is 16.9 Å². The summed E-state index contributed by atoms with van der Waals surface area (Å²) in [5.74, 6) is 0. The highest BCUT2D eigenvalue weighted by atomic mass is 16.5. The molecule has 0 aliphatic carbocycles. The van der Waals surface area contributed by atoms with Gasteiger partial charge in [0.15, 0.2) is 0 Å². The predicted octanol–water partition coefficient (Wildman–Crippen LogP) is 4.04. The van der Waals surface area contributed by atoms with Crippen LogP contribution in [-0.2, 0) is 17.8 Å². The molecule has 6 nitrogen and oxygen atoms in total. The molecule has 2 aromatic carbocycles. The Balaban J connectivity index is 1.56. The van der Waals surface area contributed by atoms with Crippen molar-refractivity contribution in [1.82, 2.24) is 15.2 Å². The maximum absolute atomic E-state index is 13.0. The minimum atomic E-state index is -0.195. The summed E-state index contributed by atoms with van der Waals surface area (Å²) < 4.78 is 5.76. The first-order valence-corrected chi connectivity index (χ1v) is 10.8. The van der Waals surface area contributed by atoms with Gasteiger partial charge in [-0.3, -0.25) is 4.79 Å². The van der Waals surface area contributed by atoms with E-state index in [1.54, 1.807) is 4.90 Å². The molecular weight excluding hydrogens is 390 g/mol. The van der Waals surface area contributed by atoms with E-state index < -0.39 is 0 Å². The molecular formula is C25H29N3O3. The van der Waals surface area contributed by atoms with Gasteiger partial charge < -0.3 is 19.9 Å². The molecule has 2 amide bonds. The van der Waals surface area contributed by atoms with Gasteiger partial charge in [-0.1, -0.05) is 42.5 Å². The molecule has 1 aromatic heterocycles. The summed E-state index contributed by atoms with van der Waals surface area (Å²) in [5, 5.41) is 3.96. The molecule has 3 aromatic rings. The average Bonchev–Trinajstić information content (AvgIpc) is 3.29. The first kappa shape index (κ1) is 21.1. The van der Waals surface area contributed by atoms with Crippen LogP contribution in [0.2, 0.25) is 0 Å². The number of benzene rings is 2. The van der Waals surface area contributed by atoms with E-state index in [0.717, 1.165) is 47.0 Å². The molecule has 1 aliphatic rings. The summed E-state index contributed by atoms with van der Waals surface area (Å²) in [7, 11) is 0. The number of aryl methyl sites for hydroxylation is 2. The number of hydrogen-bond acceptors (Lipinski definition) is 3. The lowest BCUT2D eigenvalue weighted by molar-refractivity contribution is 0.0793. The van der Waals surface area contributed by atoms with Crippen LogP contribution in [0.4, 0.5) is 4.79 Å². The lowest BCUT2D eigenvalue weighted by atomic mass is 10.0. The molecule has 0 saturated carbocycles. The second-order valence-corrected chi connectivity index (χ2v) is 8.26. The van der Waals surface area contributed by atoms with Crippen molar-refractivity contribution in [3.05, 3.63) is 81.1 Å². The number of ether oxygens (including phenoxy) is 1. The van der Waals surface area contributed by atoms with Crippen LogP contribution in [0.25, 0.3) is 10.9 Å². The van der Waals surface area contributed by atoms with E-state index >= 15 is 0 Å². The first-order chi connectivity index (χ1) is 15.0. The summed E-state index contributed by atoms with van der Waals surface area (Å²) in [4.78, 5) is 30.6. The van der Waals surface area contributed by atoms with Gasteiger partial charge in [-0.15, -0.1) is 0 Å². The summed E-state index contributed by atoms with van der Waals surface area (Å²) in [5.41, 5.74) is 4.50. The van der Waals surface area contributed by atoms with E-state index in [9.17, 15) is 9.59 Å². The van der Waals surface area contributed by atoms with Crippen molar-refractivity contribution in [2.24, 2.45) is 0 Å². The van der Waals surface area contributed by atoms with Crippen LogP contribution in [0.3, 0.4) is 0 Å². The zero-order chi connectivity index (χ0) is 21.8. The molecule has 1 unspecified atom stereocenters. The van der Waals surface area contributed by atoms with Crippen LogP contribution in [0, 0.1) is 13.8 Å². The number of nitrogens with zero attached hydrogens (tertiary/aromatic N) is 1. The molecule has 1 saturated heterocycles. The number of hydrogen-bond donors (Lipinski definition) is 2.